The Morgan fingerprint density at radius 3 is 2.52 bits per heavy atom. The zero-order chi connectivity index (χ0) is 19.8. The summed E-state index contributed by atoms with van der Waals surface area (Å²) in [4.78, 5) is 14.2. The van der Waals surface area contributed by atoms with Crippen LogP contribution in [0.3, 0.4) is 0 Å². The summed E-state index contributed by atoms with van der Waals surface area (Å²) >= 11 is 5.38. The van der Waals surface area contributed by atoms with Gasteiger partial charge in [0, 0.05) is 31.5 Å². The van der Waals surface area contributed by atoms with Crippen LogP contribution in [0.5, 0.6) is 0 Å². The van der Waals surface area contributed by atoms with Crippen LogP contribution in [-0.4, -0.2) is 37.8 Å². The maximum Gasteiger partial charge on any atom is 0.338 e. The summed E-state index contributed by atoms with van der Waals surface area (Å²) in [5, 5.41) is 6.89. The Hall–Kier alpha value is -2.60. The Labute approximate surface area is 166 Å². The fourth-order valence-corrected chi connectivity index (χ4v) is 2.85. The van der Waals surface area contributed by atoms with Gasteiger partial charge in [-0.1, -0.05) is 23.8 Å². The zero-order valence-corrected chi connectivity index (χ0v) is 17.2. The molecule has 0 aliphatic rings. The average molecular weight is 386 g/mol. The van der Waals surface area contributed by atoms with Gasteiger partial charge in [0.15, 0.2) is 5.11 Å². The fourth-order valence-electron chi connectivity index (χ4n) is 2.63. The van der Waals surface area contributed by atoms with Crippen molar-refractivity contribution >= 4 is 34.7 Å². The van der Waals surface area contributed by atoms with E-state index in [1.807, 2.05) is 19.1 Å². The molecule has 0 bridgehead atoms. The Kier molecular flexibility index (Phi) is 7.61. The third-order valence-electron chi connectivity index (χ3n) is 4.28. The minimum Gasteiger partial charge on any atom is -0.462 e. The molecule has 0 aliphatic heterocycles. The number of carbonyl (C=O) groups excluding carboxylic acids is 1. The summed E-state index contributed by atoms with van der Waals surface area (Å²) in [5.41, 5.74) is 4.57. The monoisotopic (exact) mass is 385 g/mol. The number of carbonyl (C=O) groups is 1. The zero-order valence-electron chi connectivity index (χ0n) is 16.3. The molecule has 0 aromatic heterocycles. The number of likely N-dealkylation sites (N-methyl/N-ethyl adjacent to an activating group) is 1. The highest BCUT2D eigenvalue weighted by Crippen LogP contribution is 2.19. The van der Waals surface area contributed by atoms with Crippen LogP contribution < -0.4 is 15.5 Å². The van der Waals surface area contributed by atoms with Gasteiger partial charge in [-0.2, -0.15) is 0 Å². The molecule has 0 radical (unpaired) electrons. The van der Waals surface area contributed by atoms with Crippen LogP contribution in [0, 0.1) is 13.8 Å². The van der Waals surface area contributed by atoms with Crippen LogP contribution in [0.4, 0.5) is 11.4 Å². The quantitative estimate of drug-likeness (QED) is 0.557. The van der Waals surface area contributed by atoms with Crippen molar-refractivity contribution in [3.63, 3.8) is 0 Å². The van der Waals surface area contributed by atoms with Crippen LogP contribution in [0.2, 0.25) is 0 Å². The summed E-state index contributed by atoms with van der Waals surface area (Å²) in [6, 6.07) is 13.9. The number of hydrogen-bond donors (Lipinski definition) is 2. The van der Waals surface area contributed by atoms with Gasteiger partial charge in [-0.3, -0.25) is 0 Å². The van der Waals surface area contributed by atoms with E-state index in [4.69, 9.17) is 17.0 Å². The maximum absolute atomic E-state index is 12.0. The second-order valence-corrected chi connectivity index (χ2v) is 6.74. The van der Waals surface area contributed by atoms with Crippen LogP contribution >= 0.6 is 12.2 Å². The molecule has 2 rings (SSSR count). The summed E-state index contributed by atoms with van der Waals surface area (Å²) in [6.07, 6.45) is 0. The number of anilines is 2. The standard InChI is InChI=1S/C21H27N3O2S/c1-5-26-20(25)18-7-6-8-19(16(18)3)23-21(27)22-13-14-24(4)17-11-9-15(2)10-12-17/h6-12H,5,13-14H2,1-4H3,(H2,22,23,27). The van der Waals surface area contributed by atoms with E-state index in [0.717, 1.165) is 17.8 Å². The number of hydrogen-bond acceptors (Lipinski definition) is 4. The molecule has 0 saturated carbocycles. The van der Waals surface area contributed by atoms with Crippen LogP contribution in [0.15, 0.2) is 42.5 Å². The molecular formula is C21H27N3O2S. The van der Waals surface area contributed by atoms with E-state index in [2.05, 4.69) is 53.8 Å². The number of thiocarbonyl (C=S) groups is 1. The summed E-state index contributed by atoms with van der Waals surface area (Å²) < 4.78 is 5.09. The number of benzene rings is 2. The predicted octanol–water partition coefficient (Wildman–Crippen LogP) is 3.90. The normalized spacial score (nSPS) is 10.2. The third-order valence-corrected chi connectivity index (χ3v) is 4.53. The van der Waals surface area contributed by atoms with Crippen molar-refractivity contribution in [3.05, 3.63) is 59.2 Å². The number of rotatable bonds is 7. The molecule has 0 heterocycles. The molecule has 0 saturated heterocycles. The molecule has 27 heavy (non-hydrogen) atoms. The van der Waals surface area contributed by atoms with Gasteiger partial charge in [-0.25, -0.2) is 4.79 Å². The molecule has 0 fully saturated rings. The molecule has 0 unspecified atom stereocenters. The largest absolute Gasteiger partial charge is 0.462 e. The van der Waals surface area contributed by atoms with Gasteiger partial charge in [-0.05, 0) is 62.8 Å². The number of esters is 1. The highest BCUT2D eigenvalue weighted by Gasteiger charge is 2.13. The third kappa shape index (κ3) is 5.96. The molecule has 2 N–H and O–H groups in total. The Morgan fingerprint density at radius 1 is 1.15 bits per heavy atom. The molecule has 0 amide bonds. The van der Waals surface area contributed by atoms with Crippen molar-refractivity contribution in [2.75, 3.05) is 37.0 Å². The van der Waals surface area contributed by atoms with Crippen molar-refractivity contribution in [2.24, 2.45) is 0 Å². The van der Waals surface area contributed by atoms with Crippen molar-refractivity contribution in [1.29, 1.82) is 0 Å². The van der Waals surface area contributed by atoms with Gasteiger partial charge in [0.2, 0.25) is 0 Å². The molecule has 2 aromatic carbocycles. The lowest BCUT2D eigenvalue weighted by Gasteiger charge is -2.20. The molecule has 0 spiro atoms. The first kappa shape index (κ1) is 20.7. The van der Waals surface area contributed by atoms with E-state index in [0.29, 0.717) is 23.8 Å². The Bertz CT molecular complexity index is 791. The van der Waals surface area contributed by atoms with Gasteiger partial charge in [0.1, 0.15) is 0 Å². The van der Waals surface area contributed by atoms with Crippen molar-refractivity contribution in [3.8, 4) is 0 Å². The number of nitrogens with zero attached hydrogens (tertiary/aromatic N) is 1. The first-order valence-electron chi connectivity index (χ1n) is 9.01. The topological polar surface area (TPSA) is 53.6 Å². The SMILES string of the molecule is CCOC(=O)c1cccc(NC(=S)NCCN(C)c2ccc(C)cc2)c1C. The Morgan fingerprint density at radius 2 is 1.85 bits per heavy atom. The first-order valence-corrected chi connectivity index (χ1v) is 9.42. The van der Waals surface area contributed by atoms with Crippen LogP contribution in [0.1, 0.15) is 28.4 Å². The fraction of sp³-hybridized carbons (Fsp3) is 0.333. The van der Waals surface area contributed by atoms with Crippen molar-refractivity contribution in [1.82, 2.24) is 5.32 Å². The summed E-state index contributed by atoms with van der Waals surface area (Å²) in [6.45, 7) is 7.61. The number of nitrogens with one attached hydrogen (secondary N) is 2. The molecule has 144 valence electrons. The summed E-state index contributed by atoms with van der Waals surface area (Å²) in [5.74, 6) is -0.322. The average Bonchev–Trinajstić information content (AvgIpc) is 2.64. The van der Waals surface area contributed by atoms with Crippen molar-refractivity contribution < 1.29 is 9.53 Å². The van der Waals surface area contributed by atoms with Crippen molar-refractivity contribution in [2.45, 2.75) is 20.8 Å². The molecule has 0 aliphatic carbocycles. The van der Waals surface area contributed by atoms with E-state index in [9.17, 15) is 4.79 Å². The molecule has 0 atom stereocenters. The van der Waals surface area contributed by atoms with Gasteiger partial charge in [-0.15, -0.1) is 0 Å². The van der Waals surface area contributed by atoms with Gasteiger partial charge < -0.3 is 20.3 Å². The second kappa shape index (κ2) is 9.92. The van der Waals surface area contributed by atoms with Crippen LogP contribution in [-0.2, 0) is 4.74 Å². The van der Waals surface area contributed by atoms with E-state index < -0.39 is 0 Å². The lowest BCUT2D eigenvalue weighted by Crippen LogP contribution is -2.35. The van der Waals surface area contributed by atoms with Gasteiger partial charge >= 0.3 is 5.97 Å². The minimum atomic E-state index is -0.322. The summed E-state index contributed by atoms with van der Waals surface area (Å²) in [7, 11) is 2.05. The van der Waals surface area contributed by atoms with E-state index >= 15 is 0 Å². The molecular weight excluding hydrogens is 358 g/mol. The predicted molar refractivity (Wildman–Crippen MR) is 116 cm³/mol. The number of aryl methyl sites for hydroxylation is 1. The minimum absolute atomic E-state index is 0.322. The van der Waals surface area contributed by atoms with E-state index in [1.54, 1.807) is 13.0 Å². The van der Waals surface area contributed by atoms with E-state index in [1.165, 1.54) is 11.3 Å². The molecule has 2 aromatic rings. The maximum atomic E-state index is 12.0. The lowest BCUT2D eigenvalue weighted by molar-refractivity contribution is 0.0525. The van der Waals surface area contributed by atoms with E-state index in [-0.39, 0.29) is 5.97 Å². The second-order valence-electron chi connectivity index (χ2n) is 6.34. The molecule has 6 heteroatoms. The first-order chi connectivity index (χ1) is 12.9. The highest BCUT2D eigenvalue weighted by molar-refractivity contribution is 7.80. The molecule has 5 nitrogen and oxygen atoms in total. The number of ether oxygens (including phenoxy) is 1. The van der Waals surface area contributed by atoms with Gasteiger partial charge in [0.25, 0.3) is 0 Å². The van der Waals surface area contributed by atoms with Crippen LogP contribution in [0.25, 0.3) is 0 Å². The smallest absolute Gasteiger partial charge is 0.338 e. The lowest BCUT2D eigenvalue weighted by atomic mass is 10.1. The highest BCUT2D eigenvalue weighted by atomic mass is 32.1. The van der Waals surface area contributed by atoms with Gasteiger partial charge in [0.05, 0.1) is 12.2 Å². The Balaban J connectivity index is 1.88.